The Morgan fingerprint density at radius 2 is 2.00 bits per heavy atom. The quantitative estimate of drug-likeness (QED) is 0.666. The van der Waals surface area contributed by atoms with Gasteiger partial charge >= 0.3 is 0 Å². The molecule has 0 aliphatic carbocycles. The molecule has 0 saturated carbocycles. The summed E-state index contributed by atoms with van der Waals surface area (Å²) >= 11 is 0. The van der Waals surface area contributed by atoms with Gasteiger partial charge in [0, 0.05) is 23.3 Å². The van der Waals surface area contributed by atoms with Crippen LogP contribution in [-0.2, 0) is 6.42 Å². The average molecular weight is 267 g/mol. The van der Waals surface area contributed by atoms with E-state index in [1.807, 2.05) is 36.5 Å². The zero-order chi connectivity index (χ0) is 13.8. The van der Waals surface area contributed by atoms with E-state index in [0.717, 1.165) is 17.8 Å². The Morgan fingerprint density at radius 3 is 2.80 bits per heavy atom. The summed E-state index contributed by atoms with van der Waals surface area (Å²) in [5.74, 6) is 0.784. The maximum absolute atomic E-state index is 9.56. The Balaban J connectivity index is 1.78. The van der Waals surface area contributed by atoms with Crippen molar-refractivity contribution in [3.8, 4) is 0 Å². The molecule has 0 aliphatic heterocycles. The van der Waals surface area contributed by atoms with Gasteiger partial charge < -0.3 is 15.4 Å². The second kappa shape index (κ2) is 5.75. The largest absolute Gasteiger partial charge is 0.394 e. The van der Waals surface area contributed by atoms with Crippen LogP contribution in [0.5, 0.6) is 0 Å². The van der Waals surface area contributed by atoms with Gasteiger partial charge in [0.25, 0.3) is 0 Å². The maximum Gasteiger partial charge on any atom is 0.126 e. The highest BCUT2D eigenvalue weighted by Gasteiger charge is 2.12. The van der Waals surface area contributed by atoms with Crippen LogP contribution in [-0.4, -0.2) is 27.7 Å². The number of H-pyrrole nitrogens is 1. The van der Waals surface area contributed by atoms with Crippen molar-refractivity contribution in [1.82, 2.24) is 9.97 Å². The van der Waals surface area contributed by atoms with Gasteiger partial charge in [-0.3, -0.25) is 0 Å². The standard InChI is InChI=1S/C16H17N3O/c20-11-13(19-16-7-3-4-8-17-16)9-12-10-18-15-6-2-1-5-14(12)15/h1-8,10,13,18,20H,9,11H2,(H,17,19)/t13-/m0/s1. The number of aromatic amines is 1. The van der Waals surface area contributed by atoms with E-state index in [0.29, 0.717) is 0 Å². The van der Waals surface area contributed by atoms with Crippen LogP contribution in [0, 0.1) is 0 Å². The first-order valence-corrected chi connectivity index (χ1v) is 6.70. The Morgan fingerprint density at radius 1 is 1.15 bits per heavy atom. The minimum Gasteiger partial charge on any atom is -0.394 e. The molecule has 0 unspecified atom stereocenters. The van der Waals surface area contributed by atoms with Crippen LogP contribution < -0.4 is 5.32 Å². The highest BCUT2D eigenvalue weighted by molar-refractivity contribution is 5.83. The molecule has 0 saturated heterocycles. The van der Waals surface area contributed by atoms with E-state index in [2.05, 4.69) is 27.4 Å². The fourth-order valence-electron chi connectivity index (χ4n) is 2.38. The number of hydrogen-bond donors (Lipinski definition) is 3. The van der Waals surface area contributed by atoms with Crippen LogP contribution in [0.2, 0.25) is 0 Å². The van der Waals surface area contributed by atoms with E-state index >= 15 is 0 Å². The number of nitrogens with zero attached hydrogens (tertiary/aromatic N) is 1. The van der Waals surface area contributed by atoms with E-state index in [1.165, 1.54) is 10.9 Å². The smallest absolute Gasteiger partial charge is 0.126 e. The van der Waals surface area contributed by atoms with Crippen molar-refractivity contribution >= 4 is 16.7 Å². The van der Waals surface area contributed by atoms with Crippen LogP contribution in [0.1, 0.15) is 5.56 Å². The van der Waals surface area contributed by atoms with Gasteiger partial charge in [0.1, 0.15) is 5.82 Å². The molecule has 20 heavy (non-hydrogen) atoms. The van der Waals surface area contributed by atoms with Crippen LogP contribution in [0.3, 0.4) is 0 Å². The number of aliphatic hydroxyl groups is 1. The number of nitrogens with one attached hydrogen (secondary N) is 2. The van der Waals surface area contributed by atoms with E-state index in [1.54, 1.807) is 6.20 Å². The van der Waals surface area contributed by atoms with Gasteiger partial charge in [0.2, 0.25) is 0 Å². The normalized spacial score (nSPS) is 12.4. The number of aliphatic hydroxyl groups excluding tert-OH is 1. The fourth-order valence-corrected chi connectivity index (χ4v) is 2.38. The van der Waals surface area contributed by atoms with Gasteiger partial charge in [-0.05, 0) is 30.2 Å². The highest BCUT2D eigenvalue weighted by atomic mass is 16.3. The minimum atomic E-state index is -0.0518. The van der Waals surface area contributed by atoms with Crippen molar-refractivity contribution in [2.45, 2.75) is 12.5 Å². The van der Waals surface area contributed by atoms with Crippen molar-refractivity contribution in [1.29, 1.82) is 0 Å². The molecule has 0 aliphatic rings. The van der Waals surface area contributed by atoms with Gasteiger partial charge in [0.15, 0.2) is 0 Å². The lowest BCUT2D eigenvalue weighted by molar-refractivity contribution is 0.273. The lowest BCUT2D eigenvalue weighted by Crippen LogP contribution is -2.26. The topological polar surface area (TPSA) is 60.9 Å². The summed E-state index contributed by atoms with van der Waals surface area (Å²) in [5, 5.41) is 14.0. The van der Waals surface area contributed by atoms with Gasteiger partial charge in [-0.2, -0.15) is 0 Å². The lowest BCUT2D eigenvalue weighted by atomic mass is 10.1. The molecule has 4 nitrogen and oxygen atoms in total. The summed E-state index contributed by atoms with van der Waals surface area (Å²) in [5.41, 5.74) is 2.32. The molecule has 1 aromatic carbocycles. The van der Waals surface area contributed by atoms with E-state index in [9.17, 15) is 5.11 Å². The first-order chi connectivity index (χ1) is 9.86. The molecule has 3 N–H and O–H groups in total. The number of aromatic nitrogens is 2. The summed E-state index contributed by atoms with van der Waals surface area (Å²) in [4.78, 5) is 7.48. The van der Waals surface area contributed by atoms with Crippen molar-refractivity contribution in [2.24, 2.45) is 0 Å². The molecule has 2 aromatic heterocycles. The third kappa shape index (κ3) is 2.65. The van der Waals surface area contributed by atoms with Crippen molar-refractivity contribution in [2.75, 3.05) is 11.9 Å². The van der Waals surface area contributed by atoms with Gasteiger partial charge in [-0.15, -0.1) is 0 Å². The summed E-state index contributed by atoms with van der Waals surface area (Å²) < 4.78 is 0. The third-order valence-corrected chi connectivity index (χ3v) is 3.38. The highest BCUT2D eigenvalue weighted by Crippen LogP contribution is 2.19. The number of anilines is 1. The number of para-hydroxylation sites is 1. The molecule has 3 rings (SSSR count). The summed E-state index contributed by atoms with van der Waals surface area (Å²) in [6.07, 6.45) is 4.49. The number of fused-ring (bicyclic) bond motifs is 1. The van der Waals surface area contributed by atoms with Gasteiger partial charge in [-0.25, -0.2) is 4.98 Å². The molecule has 0 spiro atoms. The monoisotopic (exact) mass is 267 g/mol. The van der Waals surface area contributed by atoms with Crippen LogP contribution >= 0.6 is 0 Å². The molecular weight excluding hydrogens is 250 g/mol. The summed E-state index contributed by atoms with van der Waals surface area (Å²) in [6.45, 7) is 0.0656. The molecule has 1 atom stereocenters. The molecule has 3 aromatic rings. The zero-order valence-corrected chi connectivity index (χ0v) is 11.1. The predicted octanol–water partition coefficient (Wildman–Crippen LogP) is 2.58. The summed E-state index contributed by atoms with van der Waals surface area (Å²) in [7, 11) is 0. The molecule has 0 radical (unpaired) electrons. The number of rotatable bonds is 5. The first kappa shape index (κ1) is 12.7. The average Bonchev–Trinajstić information content (AvgIpc) is 2.91. The van der Waals surface area contributed by atoms with E-state index < -0.39 is 0 Å². The van der Waals surface area contributed by atoms with Crippen molar-refractivity contribution in [3.05, 3.63) is 60.4 Å². The number of pyridine rings is 1. The molecule has 0 bridgehead atoms. The SMILES string of the molecule is OC[C@H](Cc1c[nH]c2ccccc12)Nc1ccccn1. The molecule has 2 heterocycles. The Hall–Kier alpha value is -2.33. The lowest BCUT2D eigenvalue weighted by Gasteiger charge is -2.16. The van der Waals surface area contributed by atoms with Gasteiger partial charge in [-0.1, -0.05) is 24.3 Å². The fraction of sp³-hybridized carbons (Fsp3) is 0.188. The Kier molecular flexibility index (Phi) is 3.65. The maximum atomic E-state index is 9.56. The second-order valence-electron chi connectivity index (χ2n) is 4.80. The van der Waals surface area contributed by atoms with Crippen molar-refractivity contribution in [3.63, 3.8) is 0 Å². The Bertz CT molecular complexity index is 678. The second-order valence-corrected chi connectivity index (χ2v) is 4.80. The van der Waals surface area contributed by atoms with E-state index in [4.69, 9.17) is 0 Å². The molecular formula is C16H17N3O. The summed E-state index contributed by atoms with van der Waals surface area (Å²) in [6, 6.07) is 13.8. The molecule has 4 heteroatoms. The van der Waals surface area contributed by atoms with Gasteiger partial charge in [0.05, 0.1) is 12.6 Å². The third-order valence-electron chi connectivity index (χ3n) is 3.38. The molecule has 102 valence electrons. The van der Waals surface area contributed by atoms with E-state index in [-0.39, 0.29) is 12.6 Å². The van der Waals surface area contributed by atoms with Crippen LogP contribution in [0.4, 0.5) is 5.82 Å². The number of benzene rings is 1. The predicted molar refractivity (Wildman–Crippen MR) is 80.7 cm³/mol. The van der Waals surface area contributed by atoms with Crippen molar-refractivity contribution < 1.29 is 5.11 Å². The Labute approximate surface area is 117 Å². The van der Waals surface area contributed by atoms with Crippen LogP contribution in [0.15, 0.2) is 54.9 Å². The molecule has 0 fully saturated rings. The zero-order valence-electron chi connectivity index (χ0n) is 11.1. The number of hydrogen-bond acceptors (Lipinski definition) is 3. The molecule has 0 amide bonds. The first-order valence-electron chi connectivity index (χ1n) is 6.70. The van der Waals surface area contributed by atoms with Crippen LogP contribution in [0.25, 0.3) is 10.9 Å². The minimum absolute atomic E-state index is 0.0518.